The minimum absolute atomic E-state index is 0.403. The lowest BCUT2D eigenvalue weighted by atomic mass is 10.0. The Bertz CT molecular complexity index is 359. The topological polar surface area (TPSA) is 69.6 Å². The molecular weight excluding hydrogens is 218 g/mol. The van der Waals surface area contributed by atoms with Crippen LogP contribution in [0.1, 0.15) is 30.9 Å². The van der Waals surface area contributed by atoms with Crippen LogP contribution >= 0.6 is 0 Å². The van der Waals surface area contributed by atoms with Gasteiger partial charge in [-0.15, -0.1) is 0 Å². The monoisotopic (exact) mass is 237 g/mol. The van der Waals surface area contributed by atoms with Crippen molar-refractivity contribution in [2.45, 2.75) is 32.4 Å². The molecule has 0 bridgehead atoms. The van der Waals surface area contributed by atoms with E-state index < -0.39 is 18.6 Å². The molecule has 94 valence electrons. The first-order valence-corrected chi connectivity index (χ1v) is 5.70. The van der Waals surface area contributed by atoms with Crippen LogP contribution in [-0.4, -0.2) is 28.8 Å². The van der Waals surface area contributed by atoms with Crippen LogP contribution < -0.4 is 5.32 Å². The van der Waals surface area contributed by atoms with Gasteiger partial charge in [-0.2, -0.15) is 0 Å². The van der Waals surface area contributed by atoms with E-state index in [9.17, 15) is 4.79 Å². The highest BCUT2D eigenvalue weighted by molar-refractivity contribution is 5.73. The Balaban J connectivity index is 2.55. The first kappa shape index (κ1) is 13.7. The van der Waals surface area contributed by atoms with E-state index in [4.69, 9.17) is 10.2 Å². The van der Waals surface area contributed by atoms with Crippen molar-refractivity contribution in [2.75, 3.05) is 6.61 Å². The first-order valence-electron chi connectivity index (χ1n) is 5.70. The van der Waals surface area contributed by atoms with E-state index in [0.717, 1.165) is 5.56 Å². The SMILES string of the molecule is CC(C)c1ccc(CNC(CO)C(=O)O)cc1. The maximum atomic E-state index is 10.7. The molecule has 0 saturated carbocycles. The van der Waals surface area contributed by atoms with Gasteiger partial charge < -0.3 is 10.2 Å². The summed E-state index contributed by atoms with van der Waals surface area (Å²) in [5, 5.41) is 20.4. The van der Waals surface area contributed by atoms with Crippen molar-refractivity contribution in [3.63, 3.8) is 0 Å². The lowest BCUT2D eigenvalue weighted by Gasteiger charge is -2.12. The number of aliphatic hydroxyl groups excluding tert-OH is 1. The minimum Gasteiger partial charge on any atom is -0.480 e. The summed E-state index contributed by atoms with van der Waals surface area (Å²) in [6, 6.07) is 7.11. The molecule has 0 aromatic heterocycles. The number of aliphatic hydroxyl groups is 1. The van der Waals surface area contributed by atoms with E-state index in [-0.39, 0.29) is 0 Å². The molecule has 1 rings (SSSR count). The maximum absolute atomic E-state index is 10.7. The Morgan fingerprint density at radius 1 is 1.29 bits per heavy atom. The molecule has 1 aromatic rings. The molecule has 0 saturated heterocycles. The summed E-state index contributed by atoms with van der Waals surface area (Å²) in [4.78, 5) is 10.7. The number of nitrogens with one attached hydrogen (secondary N) is 1. The summed E-state index contributed by atoms with van der Waals surface area (Å²) >= 11 is 0. The molecule has 4 nitrogen and oxygen atoms in total. The van der Waals surface area contributed by atoms with Gasteiger partial charge in [0.2, 0.25) is 0 Å². The number of hydrogen-bond donors (Lipinski definition) is 3. The Morgan fingerprint density at radius 2 is 1.88 bits per heavy atom. The number of benzene rings is 1. The second-order valence-electron chi connectivity index (χ2n) is 4.35. The molecule has 4 heteroatoms. The van der Waals surface area contributed by atoms with E-state index in [0.29, 0.717) is 12.5 Å². The van der Waals surface area contributed by atoms with Crippen LogP contribution in [0, 0.1) is 0 Å². The largest absolute Gasteiger partial charge is 0.480 e. The zero-order valence-corrected chi connectivity index (χ0v) is 10.2. The number of carbonyl (C=O) groups is 1. The van der Waals surface area contributed by atoms with Crippen molar-refractivity contribution in [1.82, 2.24) is 5.32 Å². The minimum atomic E-state index is -1.04. The van der Waals surface area contributed by atoms with E-state index in [1.807, 2.05) is 24.3 Å². The molecule has 0 aliphatic heterocycles. The molecule has 1 aromatic carbocycles. The highest BCUT2D eigenvalue weighted by atomic mass is 16.4. The number of rotatable bonds is 6. The zero-order valence-electron chi connectivity index (χ0n) is 10.2. The summed E-state index contributed by atoms with van der Waals surface area (Å²) in [5.41, 5.74) is 2.26. The summed E-state index contributed by atoms with van der Waals surface area (Å²) in [6.45, 7) is 4.29. The number of hydrogen-bond acceptors (Lipinski definition) is 3. The highest BCUT2D eigenvalue weighted by Crippen LogP contribution is 2.14. The smallest absolute Gasteiger partial charge is 0.323 e. The molecule has 17 heavy (non-hydrogen) atoms. The van der Waals surface area contributed by atoms with Gasteiger partial charge in [-0.25, -0.2) is 0 Å². The number of carboxylic acid groups (broad SMARTS) is 1. The summed E-state index contributed by atoms with van der Waals surface area (Å²) in [7, 11) is 0. The van der Waals surface area contributed by atoms with Gasteiger partial charge in [0.25, 0.3) is 0 Å². The second-order valence-corrected chi connectivity index (χ2v) is 4.35. The molecule has 1 unspecified atom stereocenters. The molecular formula is C13H19NO3. The van der Waals surface area contributed by atoms with Gasteiger partial charge in [0, 0.05) is 6.54 Å². The standard InChI is InChI=1S/C13H19NO3/c1-9(2)11-5-3-10(4-6-11)7-14-12(8-15)13(16)17/h3-6,9,12,14-15H,7-8H2,1-2H3,(H,16,17). The van der Waals surface area contributed by atoms with Gasteiger partial charge >= 0.3 is 5.97 Å². The molecule has 0 fully saturated rings. The van der Waals surface area contributed by atoms with Crippen LogP contribution in [0.4, 0.5) is 0 Å². The summed E-state index contributed by atoms with van der Waals surface area (Å²) in [5.74, 6) is -0.549. The van der Waals surface area contributed by atoms with Crippen LogP contribution in [0.15, 0.2) is 24.3 Å². The quantitative estimate of drug-likeness (QED) is 0.698. The molecule has 0 aliphatic rings. The molecule has 0 amide bonds. The molecule has 0 spiro atoms. The zero-order chi connectivity index (χ0) is 12.8. The second kappa shape index (κ2) is 6.37. The van der Waals surface area contributed by atoms with E-state index in [2.05, 4.69) is 19.2 Å². The van der Waals surface area contributed by atoms with Gasteiger partial charge in [-0.3, -0.25) is 10.1 Å². The van der Waals surface area contributed by atoms with Crippen molar-refractivity contribution < 1.29 is 15.0 Å². The van der Waals surface area contributed by atoms with Crippen LogP contribution in [0.2, 0.25) is 0 Å². The van der Waals surface area contributed by atoms with Gasteiger partial charge in [0.15, 0.2) is 0 Å². The van der Waals surface area contributed by atoms with E-state index in [1.54, 1.807) is 0 Å². The third-order valence-electron chi connectivity index (χ3n) is 2.68. The highest BCUT2D eigenvalue weighted by Gasteiger charge is 2.14. The predicted octanol–water partition coefficient (Wildman–Crippen LogP) is 1.35. The van der Waals surface area contributed by atoms with Crippen LogP contribution in [0.3, 0.4) is 0 Å². The average molecular weight is 237 g/mol. The van der Waals surface area contributed by atoms with Crippen molar-refractivity contribution in [3.05, 3.63) is 35.4 Å². The number of carboxylic acids is 1. The first-order chi connectivity index (χ1) is 8.04. The van der Waals surface area contributed by atoms with Gasteiger partial charge in [0.05, 0.1) is 6.61 Å². The average Bonchev–Trinajstić information content (AvgIpc) is 2.30. The van der Waals surface area contributed by atoms with Gasteiger partial charge in [0.1, 0.15) is 6.04 Å². The van der Waals surface area contributed by atoms with Crippen LogP contribution in [0.5, 0.6) is 0 Å². The fourth-order valence-electron chi connectivity index (χ4n) is 1.49. The van der Waals surface area contributed by atoms with Crippen LogP contribution in [-0.2, 0) is 11.3 Å². The lowest BCUT2D eigenvalue weighted by molar-refractivity contribution is -0.140. The Kier molecular flexibility index (Phi) is 5.12. The summed E-state index contributed by atoms with van der Waals surface area (Å²) < 4.78 is 0. The third-order valence-corrected chi connectivity index (χ3v) is 2.68. The lowest BCUT2D eigenvalue weighted by Crippen LogP contribution is -2.39. The van der Waals surface area contributed by atoms with Gasteiger partial charge in [-0.1, -0.05) is 38.1 Å². The summed E-state index contributed by atoms with van der Waals surface area (Å²) in [6.07, 6.45) is 0. The Morgan fingerprint density at radius 3 is 2.29 bits per heavy atom. The fraction of sp³-hybridized carbons (Fsp3) is 0.462. The molecule has 1 atom stereocenters. The third kappa shape index (κ3) is 4.17. The maximum Gasteiger partial charge on any atom is 0.323 e. The molecule has 3 N–H and O–H groups in total. The van der Waals surface area contributed by atoms with Gasteiger partial charge in [-0.05, 0) is 17.0 Å². The molecule has 0 aliphatic carbocycles. The Hall–Kier alpha value is -1.39. The fourth-order valence-corrected chi connectivity index (χ4v) is 1.49. The van der Waals surface area contributed by atoms with Crippen molar-refractivity contribution in [1.29, 1.82) is 0 Å². The molecule has 0 radical (unpaired) electrons. The van der Waals surface area contributed by atoms with Crippen molar-refractivity contribution in [2.24, 2.45) is 0 Å². The normalized spacial score (nSPS) is 12.7. The van der Waals surface area contributed by atoms with E-state index in [1.165, 1.54) is 5.56 Å². The van der Waals surface area contributed by atoms with Crippen molar-refractivity contribution in [3.8, 4) is 0 Å². The predicted molar refractivity (Wildman–Crippen MR) is 65.9 cm³/mol. The van der Waals surface area contributed by atoms with E-state index >= 15 is 0 Å². The van der Waals surface area contributed by atoms with Crippen LogP contribution in [0.25, 0.3) is 0 Å². The van der Waals surface area contributed by atoms with Crippen molar-refractivity contribution >= 4 is 5.97 Å². The number of aliphatic carboxylic acids is 1. The molecule has 0 heterocycles. The Labute approximate surface area is 101 Å².